The summed E-state index contributed by atoms with van der Waals surface area (Å²) in [4.78, 5) is 40.8. The van der Waals surface area contributed by atoms with Gasteiger partial charge < -0.3 is 14.5 Å². The number of benzene rings is 1. The highest BCUT2D eigenvalue weighted by atomic mass is 35.5. The summed E-state index contributed by atoms with van der Waals surface area (Å²) < 4.78 is 5.11. The van der Waals surface area contributed by atoms with E-state index >= 15 is 0 Å². The van der Waals surface area contributed by atoms with Gasteiger partial charge in [-0.3, -0.25) is 9.59 Å². The summed E-state index contributed by atoms with van der Waals surface area (Å²) in [7, 11) is 0. The Morgan fingerprint density at radius 2 is 2.19 bits per heavy atom. The number of amides is 2. The molecule has 2 heterocycles. The first-order valence-corrected chi connectivity index (χ1v) is 10.1. The van der Waals surface area contributed by atoms with E-state index in [1.165, 1.54) is 0 Å². The van der Waals surface area contributed by atoms with E-state index in [-0.39, 0.29) is 30.8 Å². The van der Waals surface area contributed by atoms with E-state index in [9.17, 15) is 14.4 Å². The lowest BCUT2D eigenvalue weighted by molar-refractivity contribution is -0.155. The van der Waals surface area contributed by atoms with Crippen LogP contribution in [-0.2, 0) is 19.1 Å². The molecule has 1 aromatic carbocycles. The van der Waals surface area contributed by atoms with Crippen molar-refractivity contribution in [2.24, 2.45) is 5.92 Å². The molecule has 0 aromatic heterocycles. The summed E-state index contributed by atoms with van der Waals surface area (Å²) >= 11 is 7.64. The first-order chi connectivity index (χ1) is 12.5. The van der Waals surface area contributed by atoms with Crippen LogP contribution in [0.15, 0.2) is 24.3 Å². The van der Waals surface area contributed by atoms with Crippen molar-refractivity contribution in [2.45, 2.75) is 19.4 Å². The summed E-state index contributed by atoms with van der Waals surface area (Å²) in [5.74, 6) is 0.223. The fourth-order valence-corrected chi connectivity index (χ4v) is 4.52. The Hall–Kier alpha value is -1.73. The summed E-state index contributed by atoms with van der Waals surface area (Å²) in [6, 6.07) is 6.46. The number of anilines is 1. The highest BCUT2D eigenvalue weighted by molar-refractivity contribution is 7.99. The minimum Gasteiger partial charge on any atom is -0.464 e. The van der Waals surface area contributed by atoms with Crippen LogP contribution < -0.4 is 4.90 Å². The maximum absolute atomic E-state index is 13.0. The van der Waals surface area contributed by atoms with Crippen LogP contribution in [0.5, 0.6) is 0 Å². The number of ether oxygens (including phenoxy) is 1. The van der Waals surface area contributed by atoms with Gasteiger partial charge in [0, 0.05) is 41.7 Å². The van der Waals surface area contributed by atoms with Crippen molar-refractivity contribution in [3.8, 4) is 0 Å². The predicted octanol–water partition coefficient (Wildman–Crippen LogP) is 2.20. The van der Waals surface area contributed by atoms with Gasteiger partial charge in [0.2, 0.25) is 11.8 Å². The van der Waals surface area contributed by atoms with Crippen LogP contribution in [0.4, 0.5) is 5.69 Å². The van der Waals surface area contributed by atoms with Crippen molar-refractivity contribution < 1.29 is 19.1 Å². The maximum atomic E-state index is 13.0. The molecule has 0 unspecified atom stereocenters. The van der Waals surface area contributed by atoms with E-state index in [2.05, 4.69) is 0 Å². The van der Waals surface area contributed by atoms with Gasteiger partial charge >= 0.3 is 5.97 Å². The van der Waals surface area contributed by atoms with Crippen LogP contribution in [-0.4, -0.2) is 59.9 Å². The molecular weight excluding hydrogens is 376 g/mol. The van der Waals surface area contributed by atoms with E-state index in [1.807, 2.05) is 0 Å². The molecule has 0 saturated carbocycles. The van der Waals surface area contributed by atoms with Crippen molar-refractivity contribution in [1.82, 2.24) is 4.90 Å². The minimum atomic E-state index is -0.573. The molecule has 2 aliphatic heterocycles. The molecule has 140 valence electrons. The number of esters is 1. The van der Waals surface area contributed by atoms with Crippen LogP contribution in [0.2, 0.25) is 5.02 Å². The lowest BCUT2D eigenvalue weighted by Crippen LogP contribution is -2.53. The molecule has 0 aliphatic carbocycles. The lowest BCUT2D eigenvalue weighted by Gasteiger charge is -2.35. The third kappa shape index (κ3) is 3.99. The molecule has 2 atom stereocenters. The second-order valence-electron chi connectivity index (χ2n) is 6.26. The molecule has 6 nitrogen and oxygen atoms in total. The number of nitrogens with zero attached hydrogens (tertiary/aromatic N) is 2. The average molecular weight is 397 g/mol. The lowest BCUT2D eigenvalue weighted by atomic mass is 10.1. The fraction of sp³-hybridized carbons (Fsp3) is 0.500. The van der Waals surface area contributed by atoms with Crippen molar-refractivity contribution in [3.05, 3.63) is 29.3 Å². The van der Waals surface area contributed by atoms with Gasteiger partial charge in [-0.05, 0) is 25.1 Å². The quantitative estimate of drug-likeness (QED) is 0.730. The number of carbonyl (C=O) groups is 3. The van der Waals surface area contributed by atoms with Crippen molar-refractivity contribution in [1.29, 1.82) is 0 Å². The third-order valence-corrected chi connectivity index (χ3v) is 5.82. The van der Waals surface area contributed by atoms with E-state index in [1.54, 1.807) is 52.8 Å². The average Bonchev–Trinajstić information content (AvgIpc) is 3.03. The molecular formula is C18H21ClN2O4S. The van der Waals surface area contributed by atoms with Crippen LogP contribution >= 0.6 is 23.4 Å². The molecule has 2 aliphatic rings. The largest absolute Gasteiger partial charge is 0.464 e. The van der Waals surface area contributed by atoms with Gasteiger partial charge in [0.1, 0.15) is 6.04 Å². The number of hydrogen-bond acceptors (Lipinski definition) is 5. The molecule has 2 fully saturated rings. The first kappa shape index (κ1) is 19.0. The number of rotatable bonds is 4. The van der Waals surface area contributed by atoms with Crippen molar-refractivity contribution >= 4 is 46.8 Å². The second kappa shape index (κ2) is 8.31. The molecule has 1 aromatic rings. The number of thioether (sulfide) groups is 1. The van der Waals surface area contributed by atoms with Crippen LogP contribution in [0.25, 0.3) is 0 Å². The van der Waals surface area contributed by atoms with Crippen LogP contribution in [0.3, 0.4) is 0 Å². The van der Waals surface area contributed by atoms with E-state index in [4.69, 9.17) is 16.3 Å². The summed E-state index contributed by atoms with van der Waals surface area (Å²) in [5, 5.41) is 0.542. The Morgan fingerprint density at radius 1 is 1.38 bits per heavy atom. The van der Waals surface area contributed by atoms with E-state index < -0.39 is 12.0 Å². The summed E-state index contributed by atoms with van der Waals surface area (Å²) in [6.07, 6.45) is 0.143. The van der Waals surface area contributed by atoms with Crippen molar-refractivity contribution in [3.63, 3.8) is 0 Å². The normalized spacial score (nSPS) is 23.2. The molecule has 26 heavy (non-hydrogen) atoms. The summed E-state index contributed by atoms with van der Waals surface area (Å²) in [6.45, 7) is 2.83. The van der Waals surface area contributed by atoms with Gasteiger partial charge in [-0.2, -0.15) is 11.8 Å². The van der Waals surface area contributed by atoms with Gasteiger partial charge in [0.15, 0.2) is 0 Å². The number of halogens is 1. The fourth-order valence-electron chi connectivity index (χ4n) is 3.30. The maximum Gasteiger partial charge on any atom is 0.329 e. The van der Waals surface area contributed by atoms with Gasteiger partial charge in [-0.25, -0.2) is 4.79 Å². The zero-order valence-electron chi connectivity index (χ0n) is 14.5. The summed E-state index contributed by atoms with van der Waals surface area (Å²) in [5.41, 5.74) is 0.689. The van der Waals surface area contributed by atoms with Gasteiger partial charge in [-0.15, -0.1) is 0 Å². The molecule has 2 amide bonds. The third-order valence-electron chi connectivity index (χ3n) is 4.56. The van der Waals surface area contributed by atoms with Crippen LogP contribution in [0.1, 0.15) is 13.3 Å². The highest BCUT2D eigenvalue weighted by Crippen LogP contribution is 2.29. The molecule has 0 bridgehead atoms. The first-order valence-electron chi connectivity index (χ1n) is 8.62. The van der Waals surface area contributed by atoms with Crippen LogP contribution in [0, 0.1) is 5.92 Å². The Labute approximate surface area is 161 Å². The Kier molecular flexibility index (Phi) is 6.09. The Morgan fingerprint density at radius 3 is 2.92 bits per heavy atom. The van der Waals surface area contributed by atoms with Gasteiger partial charge in [-0.1, -0.05) is 17.7 Å². The Bertz CT molecular complexity index is 714. The SMILES string of the molecule is CCOC(=O)[C@@H]1CSCCN1C(=O)[C@H]1CC(=O)N(c2cccc(Cl)c2)C1. The minimum absolute atomic E-state index is 0.107. The second-order valence-corrected chi connectivity index (χ2v) is 7.85. The molecule has 3 rings (SSSR count). The molecule has 0 N–H and O–H groups in total. The van der Waals surface area contributed by atoms with E-state index in [0.29, 0.717) is 29.6 Å². The standard InChI is InChI=1S/C18H21ClN2O4S/c1-2-25-18(24)15-11-26-7-6-20(15)17(23)12-8-16(22)21(10-12)14-5-3-4-13(19)9-14/h3-5,9,12,15H,2,6-8,10-11H2,1H3/t12-,15-/m0/s1. The number of hydrogen-bond donors (Lipinski definition) is 0. The zero-order valence-corrected chi connectivity index (χ0v) is 16.1. The molecule has 8 heteroatoms. The van der Waals surface area contributed by atoms with E-state index in [0.717, 1.165) is 5.75 Å². The smallest absolute Gasteiger partial charge is 0.329 e. The van der Waals surface area contributed by atoms with Gasteiger partial charge in [0.25, 0.3) is 0 Å². The van der Waals surface area contributed by atoms with Crippen molar-refractivity contribution in [2.75, 3.05) is 36.1 Å². The predicted molar refractivity (Wildman–Crippen MR) is 101 cm³/mol. The molecule has 0 spiro atoms. The van der Waals surface area contributed by atoms with Gasteiger partial charge in [0.05, 0.1) is 12.5 Å². The zero-order chi connectivity index (χ0) is 18.7. The molecule has 2 saturated heterocycles. The number of carbonyl (C=O) groups excluding carboxylic acids is 3. The Balaban J connectivity index is 1.73. The highest BCUT2D eigenvalue weighted by Gasteiger charge is 2.41. The monoisotopic (exact) mass is 396 g/mol. The molecule has 0 radical (unpaired) electrons. The topological polar surface area (TPSA) is 66.9 Å².